The van der Waals surface area contributed by atoms with Gasteiger partial charge in [-0.2, -0.15) is 0 Å². The molecule has 1 atom stereocenters. The highest BCUT2D eigenvalue weighted by Gasteiger charge is 2.36. The van der Waals surface area contributed by atoms with Crippen LogP contribution in [0.5, 0.6) is 0 Å². The summed E-state index contributed by atoms with van der Waals surface area (Å²) in [6, 6.07) is 13.6. The number of benzene rings is 2. The molecular weight excluding hydrogens is 528 g/mol. The van der Waals surface area contributed by atoms with Crippen molar-refractivity contribution in [3.8, 4) is 11.1 Å². The topological polar surface area (TPSA) is 122 Å². The first-order chi connectivity index (χ1) is 19.0. The number of hydrogen-bond donors (Lipinski definition) is 2. The minimum absolute atomic E-state index is 0.0179. The predicted molar refractivity (Wildman–Crippen MR) is 154 cm³/mol. The van der Waals surface area contributed by atoms with Crippen molar-refractivity contribution in [3.63, 3.8) is 0 Å². The number of anilines is 1. The largest absolute Gasteiger partial charge is 0.357 e. The lowest BCUT2D eigenvalue weighted by atomic mass is 9.97. The van der Waals surface area contributed by atoms with Crippen molar-refractivity contribution < 1.29 is 22.5 Å². The molecular formula is C30H38N4O5S. The number of aromatic nitrogens is 1. The molecule has 0 unspecified atom stereocenters. The minimum Gasteiger partial charge on any atom is -0.357 e. The van der Waals surface area contributed by atoms with Crippen LogP contribution in [-0.2, 0) is 26.2 Å². The molecule has 1 saturated carbocycles. The second-order valence-electron chi connectivity index (χ2n) is 10.8. The van der Waals surface area contributed by atoms with Crippen molar-refractivity contribution >= 4 is 27.7 Å². The fraction of sp³-hybridized carbons (Fsp3) is 0.433. The lowest BCUT2D eigenvalue weighted by Crippen LogP contribution is -2.52. The average molecular weight is 567 g/mol. The van der Waals surface area contributed by atoms with Crippen LogP contribution in [0.1, 0.15) is 56.4 Å². The Balaban J connectivity index is 1.62. The molecule has 0 bridgehead atoms. The summed E-state index contributed by atoms with van der Waals surface area (Å²) in [6.07, 6.45) is 3.74. The summed E-state index contributed by atoms with van der Waals surface area (Å²) in [5.41, 5.74) is 3.32. The van der Waals surface area contributed by atoms with E-state index in [2.05, 4.69) is 15.2 Å². The summed E-state index contributed by atoms with van der Waals surface area (Å²) in [5.74, 6) is -0.200. The molecule has 2 aromatic carbocycles. The van der Waals surface area contributed by atoms with Gasteiger partial charge in [-0.25, -0.2) is 13.1 Å². The second kappa shape index (κ2) is 12.2. The van der Waals surface area contributed by atoms with Crippen LogP contribution in [-0.4, -0.2) is 43.4 Å². The Labute approximate surface area is 236 Å². The highest BCUT2D eigenvalue weighted by atomic mass is 32.2. The van der Waals surface area contributed by atoms with Crippen LogP contribution in [0.25, 0.3) is 11.1 Å². The van der Waals surface area contributed by atoms with E-state index in [0.29, 0.717) is 22.4 Å². The van der Waals surface area contributed by atoms with Crippen LogP contribution < -0.4 is 10.0 Å². The molecule has 0 radical (unpaired) electrons. The molecule has 214 valence electrons. The summed E-state index contributed by atoms with van der Waals surface area (Å²) in [7, 11) is -2.37. The Morgan fingerprint density at radius 1 is 1.05 bits per heavy atom. The lowest BCUT2D eigenvalue weighted by molar-refractivity contribution is -0.145. The maximum atomic E-state index is 13.6. The van der Waals surface area contributed by atoms with Gasteiger partial charge in [0, 0.05) is 30.6 Å². The SMILES string of the molecule is CNC(=O)[C@H](C(C)C)N(Cc1ccc(-c2ccccc2S(=O)(=O)Nc2onc(C)c2C)cc1)C(=O)C1CCCC1. The first-order valence-electron chi connectivity index (χ1n) is 13.7. The van der Waals surface area contributed by atoms with Crippen LogP contribution in [0.3, 0.4) is 0 Å². The Morgan fingerprint density at radius 2 is 1.70 bits per heavy atom. The monoisotopic (exact) mass is 566 g/mol. The average Bonchev–Trinajstić information content (AvgIpc) is 3.59. The number of sulfonamides is 1. The van der Waals surface area contributed by atoms with Crippen molar-refractivity contribution in [2.75, 3.05) is 11.8 Å². The van der Waals surface area contributed by atoms with Crippen LogP contribution in [0.4, 0.5) is 5.88 Å². The second-order valence-corrected chi connectivity index (χ2v) is 12.4. The molecule has 9 nitrogen and oxygen atoms in total. The van der Waals surface area contributed by atoms with Gasteiger partial charge in [0.15, 0.2) is 0 Å². The molecule has 1 fully saturated rings. The van der Waals surface area contributed by atoms with E-state index in [1.54, 1.807) is 50.1 Å². The summed E-state index contributed by atoms with van der Waals surface area (Å²) in [6.45, 7) is 7.67. The molecule has 1 aliphatic rings. The maximum absolute atomic E-state index is 13.6. The van der Waals surface area contributed by atoms with E-state index >= 15 is 0 Å². The number of amides is 2. The van der Waals surface area contributed by atoms with Gasteiger partial charge in [0.25, 0.3) is 10.0 Å². The van der Waals surface area contributed by atoms with Crippen molar-refractivity contribution in [1.82, 2.24) is 15.4 Å². The smallest absolute Gasteiger partial charge is 0.264 e. The quantitative estimate of drug-likeness (QED) is 0.354. The zero-order chi connectivity index (χ0) is 29.0. The number of aryl methyl sites for hydroxylation is 1. The number of nitrogens with zero attached hydrogens (tertiary/aromatic N) is 2. The first kappa shape index (κ1) is 29.3. The molecule has 1 aliphatic carbocycles. The third-order valence-electron chi connectivity index (χ3n) is 7.65. The molecule has 40 heavy (non-hydrogen) atoms. The highest BCUT2D eigenvalue weighted by Crippen LogP contribution is 2.32. The summed E-state index contributed by atoms with van der Waals surface area (Å²) < 4.78 is 34.3. The van der Waals surface area contributed by atoms with Gasteiger partial charge in [-0.3, -0.25) is 9.59 Å². The number of carbonyl (C=O) groups is 2. The van der Waals surface area contributed by atoms with Crippen LogP contribution in [0.2, 0.25) is 0 Å². The van der Waals surface area contributed by atoms with Gasteiger partial charge in [0.2, 0.25) is 17.7 Å². The van der Waals surface area contributed by atoms with E-state index in [1.165, 1.54) is 0 Å². The Bertz CT molecular complexity index is 1460. The van der Waals surface area contributed by atoms with Gasteiger partial charge in [0.05, 0.1) is 10.6 Å². The Hall–Kier alpha value is -3.66. The van der Waals surface area contributed by atoms with Crippen molar-refractivity contribution in [1.29, 1.82) is 0 Å². The van der Waals surface area contributed by atoms with Crippen LogP contribution >= 0.6 is 0 Å². The van der Waals surface area contributed by atoms with E-state index in [1.807, 2.05) is 38.1 Å². The third kappa shape index (κ3) is 6.22. The maximum Gasteiger partial charge on any atom is 0.264 e. The van der Waals surface area contributed by atoms with Gasteiger partial charge < -0.3 is 14.7 Å². The standard InChI is InChI=1S/C30H38N4O5S/c1-19(2)27(28(35)31-5)34(30(36)24-10-6-7-11-24)18-22-14-16-23(17-15-22)25-12-8-9-13-26(25)40(37,38)33-29-20(3)21(4)32-39-29/h8-9,12-17,19,24,27,33H,6-7,10-11,18H2,1-5H3,(H,31,35)/t27-/m0/s1. The van der Waals surface area contributed by atoms with Gasteiger partial charge in [-0.05, 0) is 49.8 Å². The normalized spacial score (nSPS) is 14.8. The third-order valence-corrected chi connectivity index (χ3v) is 9.04. The molecule has 2 N–H and O–H groups in total. The van der Waals surface area contributed by atoms with Gasteiger partial charge in [0.1, 0.15) is 6.04 Å². The van der Waals surface area contributed by atoms with Crippen molar-refractivity contribution in [3.05, 3.63) is 65.4 Å². The fourth-order valence-corrected chi connectivity index (χ4v) is 6.56. The van der Waals surface area contributed by atoms with Crippen LogP contribution in [0, 0.1) is 25.7 Å². The van der Waals surface area contributed by atoms with Crippen molar-refractivity contribution in [2.24, 2.45) is 11.8 Å². The zero-order valence-corrected chi connectivity index (χ0v) is 24.5. The van der Waals surface area contributed by atoms with E-state index < -0.39 is 16.1 Å². The molecule has 0 spiro atoms. The van der Waals surface area contributed by atoms with E-state index in [4.69, 9.17) is 4.52 Å². The van der Waals surface area contributed by atoms with E-state index in [0.717, 1.165) is 31.2 Å². The summed E-state index contributed by atoms with van der Waals surface area (Å²) in [4.78, 5) is 28.3. The summed E-state index contributed by atoms with van der Waals surface area (Å²) >= 11 is 0. The van der Waals surface area contributed by atoms with Gasteiger partial charge in [-0.15, -0.1) is 0 Å². The van der Waals surface area contributed by atoms with E-state index in [9.17, 15) is 18.0 Å². The molecule has 2 amide bonds. The highest BCUT2D eigenvalue weighted by molar-refractivity contribution is 7.92. The first-order valence-corrected chi connectivity index (χ1v) is 15.2. The molecule has 1 heterocycles. The predicted octanol–water partition coefficient (Wildman–Crippen LogP) is 5.05. The summed E-state index contributed by atoms with van der Waals surface area (Å²) in [5, 5.41) is 6.55. The number of nitrogens with one attached hydrogen (secondary N) is 2. The number of rotatable bonds is 10. The zero-order valence-electron chi connectivity index (χ0n) is 23.7. The number of likely N-dealkylation sites (N-methyl/N-ethyl adjacent to an activating group) is 1. The number of hydrogen-bond acceptors (Lipinski definition) is 6. The molecule has 3 aromatic rings. The molecule has 1 aromatic heterocycles. The van der Waals surface area contributed by atoms with E-state index in [-0.39, 0.29) is 41.0 Å². The molecule has 0 saturated heterocycles. The molecule has 10 heteroatoms. The molecule has 4 rings (SSSR count). The van der Waals surface area contributed by atoms with Gasteiger partial charge in [-0.1, -0.05) is 74.3 Å². The van der Waals surface area contributed by atoms with Crippen molar-refractivity contribution in [2.45, 2.75) is 70.9 Å². The molecule has 0 aliphatic heterocycles. The van der Waals surface area contributed by atoms with Gasteiger partial charge >= 0.3 is 0 Å². The van der Waals surface area contributed by atoms with Crippen LogP contribution in [0.15, 0.2) is 57.9 Å². The Kier molecular flexibility index (Phi) is 8.98. The fourth-order valence-electron chi connectivity index (χ4n) is 5.29. The number of carbonyl (C=O) groups excluding carboxylic acids is 2. The lowest BCUT2D eigenvalue weighted by Gasteiger charge is -2.35. The Morgan fingerprint density at radius 3 is 2.27 bits per heavy atom. The minimum atomic E-state index is -3.97.